The van der Waals surface area contributed by atoms with Gasteiger partial charge >= 0.3 is 0 Å². The third-order valence-electron chi connectivity index (χ3n) is 3.31. The Hall–Kier alpha value is -0.960. The molecule has 0 heterocycles. The zero-order valence-electron chi connectivity index (χ0n) is 10.9. The fourth-order valence-electron chi connectivity index (χ4n) is 2.38. The minimum Gasteiger partial charge on any atom is -0.128 e. The largest absolute Gasteiger partial charge is 0.128 e. The molecule has 0 saturated carbocycles. The molecule has 0 radical (unpaired) electrons. The van der Waals surface area contributed by atoms with Crippen LogP contribution in [0.3, 0.4) is 0 Å². The maximum Gasteiger partial charge on any atom is 0.0496 e. The number of rotatable bonds is 2. The standard InChI is InChI=1S/C17H12BrClS/c1-20-17-13-5-3-2-4-11(13)6-8-15(17)14-9-7-12(18)10-16(14)19/h2-10H,1H3. The molecule has 0 aliphatic rings. The number of benzene rings is 3. The molecule has 0 aromatic heterocycles. The van der Waals surface area contributed by atoms with Crippen molar-refractivity contribution < 1.29 is 0 Å². The molecule has 3 aromatic rings. The SMILES string of the molecule is CSc1c(-c2ccc(Br)cc2Cl)ccc2ccccc12. The van der Waals surface area contributed by atoms with E-state index < -0.39 is 0 Å². The van der Waals surface area contributed by atoms with Crippen molar-refractivity contribution in [1.29, 1.82) is 0 Å². The van der Waals surface area contributed by atoms with Gasteiger partial charge in [-0.25, -0.2) is 0 Å². The quantitative estimate of drug-likeness (QED) is 0.460. The van der Waals surface area contributed by atoms with Gasteiger partial charge in [0.05, 0.1) is 0 Å². The van der Waals surface area contributed by atoms with E-state index in [9.17, 15) is 0 Å². The van der Waals surface area contributed by atoms with Crippen LogP contribution < -0.4 is 0 Å². The first kappa shape index (κ1) is 14.0. The van der Waals surface area contributed by atoms with Crippen LogP contribution in [0.15, 0.2) is 64.0 Å². The van der Waals surface area contributed by atoms with Crippen LogP contribution in [0.1, 0.15) is 0 Å². The highest BCUT2D eigenvalue weighted by atomic mass is 79.9. The van der Waals surface area contributed by atoms with Crippen molar-refractivity contribution in [2.75, 3.05) is 6.26 Å². The summed E-state index contributed by atoms with van der Waals surface area (Å²) in [5.41, 5.74) is 2.26. The van der Waals surface area contributed by atoms with E-state index >= 15 is 0 Å². The summed E-state index contributed by atoms with van der Waals surface area (Å²) in [6.07, 6.45) is 2.11. The first-order valence-electron chi connectivity index (χ1n) is 6.22. The van der Waals surface area contributed by atoms with Gasteiger partial charge in [0.2, 0.25) is 0 Å². The Kier molecular flexibility index (Phi) is 4.06. The molecule has 0 saturated heterocycles. The van der Waals surface area contributed by atoms with E-state index in [1.165, 1.54) is 21.2 Å². The number of hydrogen-bond donors (Lipinski definition) is 0. The molecule has 0 nitrogen and oxygen atoms in total. The van der Waals surface area contributed by atoms with E-state index in [0.717, 1.165) is 15.1 Å². The van der Waals surface area contributed by atoms with E-state index in [1.54, 1.807) is 11.8 Å². The lowest BCUT2D eigenvalue weighted by Gasteiger charge is -2.13. The molecule has 0 aliphatic carbocycles. The van der Waals surface area contributed by atoms with E-state index in [1.807, 2.05) is 12.1 Å². The molecule has 0 aliphatic heterocycles. The van der Waals surface area contributed by atoms with E-state index in [0.29, 0.717) is 0 Å². The van der Waals surface area contributed by atoms with Crippen LogP contribution in [0.2, 0.25) is 5.02 Å². The van der Waals surface area contributed by atoms with Gasteiger partial charge in [0.25, 0.3) is 0 Å². The van der Waals surface area contributed by atoms with Gasteiger partial charge in [-0.2, -0.15) is 0 Å². The number of hydrogen-bond acceptors (Lipinski definition) is 1. The Morgan fingerprint density at radius 3 is 2.45 bits per heavy atom. The van der Waals surface area contributed by atoms with Gasteiger partial charge in [-0.15, -0.1) is 11.8 Å². The molecule has 0 N–H and O–H groups in total. The second-order valence-electron chi connectivity index (χ2n) is 4.49. The van der Waals surface area contributed by atoms with E-state index in [2.05, 4.69) is 64.7 Å². The molecule has 3 heteroatoms. The fourth-order valence-corrected chi connectivity index (χ4v) is 3.96. The summed E-state index contributed by atoms with van der Waals surface area (Å²) in [6, 6.07) is 18.8. The van der Waals surface area contributed by atoms with Crippen LogP contribution in [-0.4, -0.2) is 6.26 Å². The Labute approximate surface area is 136 Å². The molecule has 0 bridgehead atoms. The smallest absolute Gasteiger partial charge is 0.0496 e. The Morgan fingerprint density at radius 2 is 1.70 bits per heavy atom. The highest BCUT2D eigenvalue weighted by Gasteiger charge is 2.11. The van der Waals surface area contributed by atoms with Crippen molar-refractivity contribution in [2.45, 2.75) is 4.90 Å². The van der Waals surface area contributed by atoms with Crippen LogP contribution >= 0.6 is 39.3 Å². The highest BCUT2D eigenvalue weighted by molar-refractivity contribution is 9.10. The molecule has 100 valence electrons. The number of halogens is 2. The van der Waals surface area contributed by atoms with Crippen molar-refractivity contribution >= 4 is 50.1 Å². The Morgan fingerprint density at radius 1 is 0.950 bits per heavy atom. The summed E-state index contributed by atoms with van der Waals surface area (Å²) in [7, 11) is 0. The van der Waals surface area contributed by atoms with Gasteiger partial charge in [0.1, 0.15) is 0 Å². The summed E-state index contributed by atoms with van der Waals surface area (Å²) >= 11 is 11.6. The molecular weight excluding hydrogens is 352 g/mol. The highest BCUT2D eigenvalue weighted by Crippen LogP contribution is 2.39. The first-order valence-corrected chi connectivity index (χ1v) is 8.61. The van der Waals surface area contributed by atoms with Crippen molar-refractivity contribution in [3.8, 4) is 11.1 Å². The molecular formula is C17H12BrClS. The summed E-state index contributed by atoms with van der Waals surface area (Å²) < 4.78 is 0.998. The van der Waals surface area contributed by atoms with Gasteiger partial charge in [0, 0.05) is 20.0 Å². The molecule has 20 heavy (non-hydrogen) atoms. The molecule has 0 amide bonds. The van der Waals surface area contributed by atoms with Gasteiger partial charge < -0.3 is 0 Å². The lowest BCUT2D eigenvalue weighted by Crippen LogP contribution is -1.86. The Balaban J connectivity index is 2.30. The van der Waals surface area contributed by atoms with E-state index in [4.69, 9.17) is 11.6 Å². The average molecular weight is 364 g/mol. The lowest BCUT2D eigenvalue weighted by molar-refractivity contribution is 1.50. The van der Waals surface area contributed by atoms with Crippen molar-refractivity contribution in [2.24, 2.45) is 0 Å². The third-order valence-corrected chi connectivity index (χ3v) is 4.96. The molecule has 0 fully saturated rings. The summed E-state index contributed by atoms with van der Waals surface area (Å²) in [5, 5.41) is 3.30. The van der Waals surface area contributed by atoms with Gasteiger partial charge in [0.15, 0.2) is 0 Å². The molecule has 0 atom stereocenters. The van der Waals surface area contributed by atoms with Crippen LogP contribution in [0.5, 0.6) is 0 Å². The van der Waals surface area contributed by atoms with Crippen LogP contribution in [-0.2, 0) is 0 Å². The monoisotopic (exact) mass is 362 g/mol. The second-order valence-corrected chi connectivity index (χ2v) is 6.63. The lowest BCUT2D eigenvalue weighted by atomic mass is 10.0. The van der Waals surface area contributed by atoms with Crippen molar-refractivity contribution in [3.05, 3.63) is 64.1 Å². The molecule has 3 aromatic carbocycles. The zero-order chi connectivity index (χ0) is 14.1. The minimum atomic E-state index is 0.768. The zero-order valence-corrected chi connectivity index (χ0v) is 14.0. The molecule has 3 rings (SSSR count). The fraction of sp³-hybridized carbons (Fsp3) is 0.0588. The average Bonchev–Trinajstić information content (AvgIpc) is 2.46. The number of thioether (sulfide) groups is 1. The van der Waals surface area contributed by atoms with Crippen LogP contribution in [0.4, 0.5) is 0 Å². The van der Waals surface area contributed by atoms with Gasteiger partial charge in [-0.1, -0.05) is 70.0 Å². The van der Waals surface area contributed by atoms with Crippen molar-refractivity contribution in [3.63, 3.8) is 0 Å². The molecule has 0 spiro atoms. The van der Waals surface area contributed by atoms with E-state index in [-0.39, 0.29) is 0 Å². The number of fused-ring (bicyclic) bond motifs is 1. The second kappa shape index (κ2) is 5.80. The summed E-state index contributed by atoms with van der Waals surface area (Å²) in [4.78, 5) is 1.27. The predicted octanol–water partition coefficient (Wildman–Crippen LogP) is 6.64. The maximum atomic E-state index is 6.40. The normalized spacial score (nSPS) is 10.9. The summed E-state index contributed by atoms with van der Waals surface area (Å²) in [5.74, 6) is 0. The Bertz CT molecular complexity index is 783. The minimum absolute atomic E-state index is 0.768. The third kappa shape index (κ3) is 2.48. The van der Waals surface area contributed by atoms with Crippen LogP contribution in [0.25, 0.3) is 21.9 Å². The van der Waals surface area contributed by atoms with Gasteiger partial charge in [-0.05, 0) is 34.7 Å². The van der Waals surface area contributed by atoms with Crippen molar-refractivity contribution in [1.82, 2.24) is 0 Å². The first-order chi connectivity index (χ1) is 9.70. The van der Waals surface area contributed by atoms with Gasteiger partial charge in [-0.3, -0.25) is 0 Å². The summed E-state index contributed by atoms with van der Waals surface area (Å²) in [6.45, 7) is 0. The topological polar surface area (TPSA) is 0 Å². The van der Waals surface area contributed by atoms with Crippen LogP contribution in [0, 0.1) is 0 Å². The molecule has 0 unspecified atom stereocenters. The maximum absolute atomic E-state index is 6.40. The predicted molar refractivity (Wildman–Crippen MR) is 93.9 cm³/mol.